The van der Waals surface area contributed by atoms with Crippen molar-refractivity contribution < 1.29 is 9.53 Å². The second-order valence-electron chi connectivity index (χ2n) is 7.25. The lowest BCUT2D eigenvalue weighted by Crippen LogP contribution is -2.44. The first-order valence-electron chi connectivity index (χ1n) is 8.54. The number of aromatic nitrogens is 1. The van der Waals surface area contributed by atoms with Crippen molar-refractivity contribution in [2.75, 3.05) is 6.54 Å². The molecule has 0 spiro atoms. The SMILES string of the molecule is CC(C)(C)OC(=O)NC1CCC(NCCc2ccncc2)CC1. The zero-order chi connectivity index (χ0) is 16.7. The first-order chi connectivity index (χ1) is 10.9. The molecular formula is C18H29N3O2. The molecule has 1 heterocycles. The van der Waals surface area contributed by atoms with E-state index in [1.807, 2.05) is 33.2 Å². The van der Waals surface area contributed by atoms with Gasteiger partial charge in [0.25, 0.3) is 0 Å². The highest BCUT2D eigenvalue weighted by atomic mass is 16.6. The maximum atomic E-state index is 11.8. The van der Waals surface area contributed by atoms with Crippen molar-refractivity contribution in [3.05, 3.63) is 30.1 Å². The van der Waals surface area contributed by atoms with E-state index in [1.165, 1.54) is 5.56 Å². The summed E-state index contributed by atoms with van der Waals surface area (Å²) in [5, 5.41) is 6.60. The van der Waals surface area contributed by atoms with Crippen LogP contribution >= 0.6 is 0 Å². The van der Waals surface area contributed by atoms with Crippen LogP contribution in [-0.2, 0) is 11.2 Å². The van der Waals surface area contributed by atoms with Gasteiger partial charge in [-0.1, -0.05) is 0 Å². The van der Waals surface area contributed by atoms with E-state index in [0.29, 0.717) is 6.04 Å². The van der Waals surface area contributed by atoms with Gasteiger partial charge in [-0.2, -0.15) is 0 Å². The van der Waals surface area contributed by atoms with Gasteiger partial charge in [0.1, 0.15) is 5.60 Å². The van der Waals surface area contributed by atoms with Crippen LogP contribution in [0.2, 0.25) is 0 Å². The first-order valence-corrected chi connectivity index (χ1v) is 8.54. The fourth-order valence-corrected chi connectivity index (χ4v) is 2.89. The Kier molecular flexibility index (Phi) is 6.39. The van der Waals surface area contributed by atoms with Crippen LogP contribution in [0.1, 0.15) is 52.0 Å². The predicted octanol–water partition coefficient (Wildman–Crippen LogP) is 3.05. The van der Waals surface area contributed by atoms with Crippen LogP contribution < -0.4 is 10.6 Å². The van der Waals surface area contributed by atoms with Gasteiger partial charge in [0.05, 0.1) is 0 Å². The summed E-state index contributed by atoms with van der Waals surface area (Å²) in [7, 11) is 0. The third-order valence-corrected chi connectivity index (χ3v) is 4.04. The van der Waals surface area contributed by atoms with E-state index in [1.54, 1.807) is 0 Å². The number of nitrogens with one attached hydrogen (secondary N) is 2. The van der Waals surface area contributed by atoms with Gasteiger partial charge in [0.2, 0.25) is 0 Å². The Morgan fingerprint density at radius 2 is 1.78 bits per heavy atom. The monoisotopic (exact) mass is 319 g/mol. The maximum Gasteiger partial charge on any atom is 0.407 e. The molecule has 23 heavy (non-hydrogen) atoms. The number of pyridine rings is 1. The highest BCUT2D eigenvalue weighted by Crippen LogP contribution is 2.19. The predicted molar refractivity (Wildman–Crippen MR) is 91.4 cm³/mol. The lowest BCUT2D eigenvalue weighted by molar-refractivity contribution is 0.0490. The second-order valence-corrected chi connectivity index (χ2v) is 7.25. The second kappa shape index (κ2) is 8.29. The number of carbonyl (C=O) groups excluding carboxylic acids is 1. The molecule has 1 saturated carbocycles. The Morgan fingerprint density at radius 1 is 1.17 bits per heavy atom. The van der Waals surface area contributed by atoms with Crippen LogP contribution in [0.5, 0.6) is 0 Å². The standard InChI is InChI=1S/C18H29N3O2/c1-18(2,3)23-17(22)21-16-6-4-15(5-7-16)20-13-10-14-8-11-19-12-9-14/h8-9,11-12,15-16,20H,4-7,10,13H2,1-3H3,(H,21,22). The molecule has 1 fully saturated rings. The molecule has 0 saturated heterocycles. The van der Waals surface area contributed by atoms with E-state index in [9.17, 15) is 4.79 Å². The quantitative estimate of drug-likeness (QED) is 0.875. The average Bonchev–Trinajstić information content (AvgIpc) is 2.48. The van der Waals surface area contributed by atoms with E-state index in [0.717, 1.165) is 38.6 Å². The lowest BCUT2D eigenvalue weighted by atomic mass is 9.91. The topological polar surface area (TPSA) is 63.2 Å². The number of nitrogens with zero attached hydrogens (tertiary/aromatic N) is 1. The molecule has 1 amide bonds. The van der Waals surface area contributed by atoms with Gasteiger partial charge in [-0.15, -0.1) is 0 Å². The number of hydrogen-bond acceptors (Lipinski definition) is 4. The van der Waals surface area contributed by atoms with Gasteiger partial charge in [0.15, 0.2) is 0 Å². The molecule has 0 bridgehead atoms. The van der Waals surface area contributed by atoms with Gasteiger partial charge in [-0.25, -0.2) is 4.79 Å². The summed E-state index contributed by atoms with van der Waals surface area (Å²) in [5.41, 5.74) is 0.878. The summed E-state index contributed by atoms with van der Waals surface area (Å²) in [6.07, 6.45) is 8.60. The van der Waals surface area contributed by atoms with Crippen LogP contribution in [0.25, 0.3) is 0 Å². The Bertz CT molecular complexity index is 477. The average molecular weight is 319 g/mol. The fourth-order valence-electron chi connectivity index (χ4n) is 2.89. The minimum atomic E-state index is -0.435. The van der Waals surface area contributed by atoms with Crippen LogP contribution in [0, 0.1) is 0 Å². The van der Waals surface area contributed by atoms with E-state index < -0.39 is 5.60 Å². The van der Waals surface area contributed by atoms with Crippen molar-refractivity contribution in [2.24, 2.45) is 0 Å². The summed E-state index contributed by atoms with van der Waals surface area (Å²) in [6, 6.07) is 4.91. The molecule has 1 aromatic heterocycles. The number of rotatable bonds is 5. The third-order valence-electron chi connectivity index (χ3n) is 4.04. The molecule has 2 N–H and O–H groups in total. The molecule has 0 aliphatic heterocycles. The van der Waals surface area contributed by atoms with Crippen molar-refractivity contribution in [1.82, 2.24) is 15.6 Å². The van der Waals surface area contributed by atoms with Crippen LogP contribution in [0.15, 0.2) is 24.5 Å². The zero-order valence-corrected chi connectivity index (χ0v) is 14.5. The van der Waals surface area contributed by atoms with E-state index in [4.69, 9.17) is 4.74 Å². The molecule has 0 aromatic carbocycles. The first kappa shape index (κ1) is 17.7. The Hall–Kier alpha value is -1.62. The zero-order valence-electron chi connectivity index (χ0n) is 14.5. The molecule has 0 radical (unpaired) electrons. The summed E-state index contributed by atoms with van der Waals surface area (Å²) in [6.45, 7) is 6.64. The van der Waals surface area contributed by atoms with Gasteiger partial charge in [0, 0.05) is 24.5 Å². The number of ether oxygens (including phenoxy) is 1. The molecule has 1 aliphatic rings. The van der Waals surface area contributed by atoms with Crippen molar-refractivity contribution in [3.63, 3.8) is 0 Å². The number of carbonyl (C=O) groups is 1. The molecule has 5 heteroatoms. The Balaban J connectivity index is 1.61. The van der Waals surface area contributed by atoms with Crippen LogP contribution in [0.3, 0.4) is 0 Å². The van der Waals surface area contributed by atoms with Gasteiger partial charge in [-0.3, -0.25) is 4.98 Å². The molecule has 128 valence electrons. The molecular weight excluding hydrogens is 290 g/mol. The van der Waals surface area contributed by atoms with Crippen molar-refractivity contribution in [2.45, 2.75) is 70.6 Å². The molecule has 2 rings (SSSR count). The minimum absolute atomic E-state index is 0.239. The van der Waals surface area contributed by atoms with Gasteiger partial charge >= 0.3 is 6.09 Å². The number of alkyl carbamates (subject to hydrolysis) is 1. The molecule has 5 nitrogen and oxygen atoms in total. The lowest BCUT2D eigenvalue weighted by Gasteiger charge is -2.30. The Labute approximate surface area is 139 Å². The third kappa shape index (κ3) is 6.99. The molecule has 1 aromatic rings. The summed E-state index contributed by atoms with van der Waals surface area (Å²) >= 11 is 0. The minimum Gasteiger partial charge on any atom is -0.444 e. The van der Waals surface area contributed by atoms with E-state index in [2.05, 4.69) is 27.8 Å². The highest BCUT2D eigenvalue weighted by Gasteiger charge is 2.24. The summed E-state index contributed by atoms with van der Waals surface area (Å²) in [4.78, 5) is 15.8. The van der Waals surface area contributed by atoms with Crippen molar-refractivity contribution in [1.29, 1.82) is 0 Å². The number of hydrogen-bond donors (Lipinski definition) is 2. The largest absolute Gasteiger partial charge is 0.444 e. The van der Waals surface area contributed by atoms with Crippen molar-refractivity contribution in [3.8, 4) is 0 Å². The summed E-state index contributed by atoms with van der Waals surface area (Å²) < 4.78 is 5.31. The van der Waals surface area contributed by atoms with E-state index >= 15 is 0 Å². The van der Waals surface area contributed by atoms with Crippen LogP contribution in [0.4, 0.5) is 4.79 Å². The van der Waals surface area contributed by atoms with Crippen LogP contribution in [-0.4, -0.2) is 35.3 Å². The molecule has 0 unspecified atom stereocenters. The fraction of sp³-hybridized carbons (Fsp3) is 0.667. The Morgan fingerprint density at radius 3 is 2.39 bits per heavy atom. The molecule has 1 aliphatic carbocycles. The summed E-state index contributed by atoms with van der Waals surface area (Å²) in [5.74, 6) is 0. The number of amides is 1. The van der Waals surface area contributed by atoms with E-state index in [-0.39, 0.29) is 12.1 Å². The smallest absolute Gasteiger partial charge is 0.407 e. The maximum absolute atomic E-state index is 11.8. The normalized spacial score (nSPS) is 21.7. The molecule has 0 atom stereocenters. The van der Waals surface area contributed by atoms with Gasteiger partial charge in [-0.05, 0) is 77.1 Å². The van der Waals surface area contributed by atoms with Gasteiger partial charge < -0.3 is 15.4 Å². The van der Waals surface area contributed by atoms with Crippen molar-refractivity contribution >= 4 is 6.09 Å². The highest BCUT2D eigenvalue weighted by molar-refractivity contribution is 5.68.